The summed E-state index contributed by atoms with van der Waals surface area (Å²) in [5.41, 5.74) is 3.27. The molecule has 5 rings (SSSR count). The maximum Gasteiger partial charge on any atom is -0.0133 e. The van der Waals surface area contributed by atoms with Gasteiger partial charge in [0.1, 0.15) is 0 Å². The van der Waals surface area contributed by atoms with Crippen LogP contribution in [0.5, 0.6) is 0 Å². The zero-order chi connectivity index (χ0) is 12.8. The molecule has 0 saturated heterocycles. The Labute approximate surface area is 117 Å². The summed E-state index contributed by atoms with van der Waals surface area (Å²) >= 11 is 0. The minimum atomic E-state index is 0.925. The van der Waals surface area contributed by atoms with Gasteiger partial charge >= 0.3 is 0 Å². The van der Waals surface area contributed by atoms with Crippen molar-refractivity contribution in [2.75, 3.05) is 0 Å². The molecule has 2 saturated carbocycles. The van der Waals surface area contributed by atoms with Crippen LogP contribution in [0.2, 0.25) is 0 Å². The first-order valence-corrected chi connectivity index (χ1v) is 8.03. The second kappa shape index (κ2) is 4.51. The fourth-order valence-electron chi connectivity index (χ4n) is 5.05. The third kappa shape index (κ3) is 1.88. The fraction of sp³-hybridized carbons (Fsp3) is 0.579. The highest BCUT2D eigenvalue weighted by atomic mass is 14.5. The molecule has 0 aromatic carbocycles. The van der Waals surface area contributed by atoms with Gasteiger partial charge in [-0.2, -0.15) is 0 Å². The molecule has 5 aliphatic carbocycles. The van der Waals surface area contributed by atoms with Crippen LogP contribution < -0.4 is 0 Å². The highest BCUT2D eigenvalue weighted by Gasteiger charge is 2.44. The number of allylic oxidation sites excluding steroid dienone is 7. The first-order chi connectivity index (χ1) is 9.35. The molecule has 19 heavy (non-hydrogen) atoms. The predicted molar refractivity (Wildman–Crippen MR) is 80.7 cm³/mol. The van der Waals surface area contributed by atoms with E-state index in [0.29, 0.717) is 0 Å². The number of fused-ring (bicyclic) bond motifs is 7. The maximum absolute atomic E-state index is 3.80. The molecule has 0 spiro atoms. The van der Waals surface area contributed by atoms with E-state index in [1.807, 2.05) is 0 Å². The van der Waals surface area contributed by atoms with E-state index in [-0.39, 0.29) is 0 Å². The summed E-state index contributed by atoms with van der Waals surface area (Å²) < 4.78 is 0. The third-order valence-electron chi connectivity index (χ3n) is 6.05. The lowest BCUT2D eigenvalue weighted by Gasteiger charge is -2.18. The average molecular weight is 252 g/mol. The van der Waals surface area contributed by atoms with Crippen LogP contribution in [0.15, 0.2) is 48.1 Å². The van der Waals surface area contributed by atoms with Crippen molar-refractivity contribution < 1.29 is 0 Å². The van der Waals surface area contributed by atoms with Gasteiger partial charge in [-0.1, -0.05) is 42.5 Å². The van der Waals surface area contributed by atoms with Gasteiger partial charge in [0.05, 0.1) is 0 Å². The predicted octanol–water partition coefficient (Wildman–Crippen LogP) is 5.06. The van der Waals surface area contributed by atoms with E-state index in [9.17, 15) is 0 Å². The van der Waals surface area contributed by atoms with Gasteiger partial charge in [0.2, 0.25) is 0 Å². The van der Waals surface area contributed by atoms with Crippen LogP contribution in [0.1, 0.15) is 38.5 Å². The van der Waals surface area contributed by atoms with Crippen LogP contribution in [-0.2, 0) is 0 Å². The molecular formula is C19H24. The largest absolute Gasteiger partial charge is 0.0988 e. The van der Waals surface area contributed by atoms with Crippen molar-refractivity contribution in [2.45, 2.75) is 38.5 Å². The number of hydrogen-bond acceptors (Lipinski definition) is 0. The molecule has 0 nitrogen and oxygen atoms in total. The fourth-order valence-corrected chi connectivity index (χ4v) is 5.05. The minimum absolute atomic E-state index is 0.925. The van der Waals surface area contributed by atoms with Crippen LogP contribution >= 0.6 is 0 Å². The van der Waals surface area contributed by atoms with Gasteiger partial charge in [0.15, 0.2) is 0 Å². The van der Waals surface area contributed by atoms with Gasteiger partial charge in [-0.25, -0.2) is 0 Å². The quantitative estimate of drug-likeness (QED) is 0.572. The topological polar surface area (TPSA) is 0 Å². The molecule has 5 atom stereocenters. The average Bonchev–Trinajstić information content (AvgIpc) is 3.21. The van der Waals surface area contributed by atoms with Crippen molar-refractivity contribution in [3.63, 3.8) is 0 Å². The highest BCUT2D eigenvalue weighted by molar-refractivity contribution is 5.32. The van der Waals surface area contributed by atoms with Gasteiger partial charge in [-0.15, -0.1) is 0 Å². The molecule has 5 aliphatic rings. The van der Waals surface area contributed by atoms with E-state index in [2.05, 4.69) is 37.0 Å². The molecule has 0 N–H and O–H groups in total. The van der Waals surface area contributed by atoms with Crippen molar-refractivity contribution >= 4 is 0 Å². The summed E-state index contributed by atoms with van der Waals surface area (Å²) in [7, 11) is 0. The molecule has 4 bridgehead atoms. The minimum Gasteiger partial charge on any atom is -0.0988 e. The molecule has 0 amide bonds. The lowest BCUT2D eigenvalue weighted by atomic mass is 9.86. The Morgan fingerprint density at radius 3 is 2.63 bits per heavy atom. The van der Waals surface area contributed by atoms with E-state index in [0.717, 1.165) is 29.6 Å². The van der Waals surface area contributed by atoms with Gasteiger partial charge < -0.3 is 0 Å². The summed E-state index contributed by atoms with van der Waals surface area (Å²) in [6.45, 7) is 3.80. The van der Waals surface area contributed by atoms with Crippen LogP contribution in [0.4, 0.5) is 0 Å². The van der Waals surface area contributed by atoms with Gasteiger partial charge in [-0.05, 0) is 73.7 Å². The molecule has 100 valence electrons. The van der Waals surface area contributed by atoms with Crippen molar-refractivity contribution in [3.05, 3.63) is 48.1 Å². The van der Waals surface area contributed by atoms with Gasteiger partial charge in [0, 0.05) is 0 Å². The van der Waals surface area contributed by atoms with E-state index in [1.165, 1.54) is 38.5 Å². The zero-order valence-corrected chi connectivity index (χ0v) is 11.7. The summed E-state index contributed by atoms with van der Waals surface area (Å²) in [5.74, 6) is 4.83. The van der Waals surface area contributed by atoms with E-state index >= 15 is 0 Å². The maximum atomic E-state index is 3.80. The Bertz CT molecular complexity index is 476. The Morgan fingerprint density at radius 2 is 2.00 bits per heavy atom. The monoisotopic (exact) mass is 252 g/mol. The van der Waals surface area contributed by atoms with Crippen LogP contribution in [-0.4, -0.2) is 0 Å². The Morgan fingerprint density at radius 1 is 1.11 bits per heavy atom. The summed E-state index contributed by atoms with van der Waals surface area (Å²) in [5, 5.41) is 0. The van der Waals surface area contributed by atoms with E-state index in [4.69, 9.17) is 0 Å². The van der Waals surface area contributed by atoms with E-state index < -0.39 is 0 Å². The van der Waals surface area contributed by atoms with Crippen LogP contribution in [0, 0.1) is 29.6 Å². The van der Waals surface area contributed by atoms with Gasteiger partial charge in [0.25, 0.3) is 0 Å². The molecule has 0 radical (unpaired) electrons. The van der Waals surface area contributed by atoms with Crippen LogP contribution in [0.3, 0.4) is 0 Å². The Balaban J connectivity index is 0.000000103. The Kier molecular flexibility index (Phi) is 2.79. The third-order valence-corrected chi connectivity index (χ3v) is 6.05. The molecule has 0 heteroatoms. The lowest BCUT2D eigenvalue weighted by Crippen LogP contribution is -2.12. The lowest BCUT2D eigenvalue weighted by molar-refractivity contribution is 0.398. The Hall–Kier alpha value is -1.04. The first-order valence-electron chi connectivity index (χ1n) is 8.03. The second-order valence-electron chi connectivity index (χ2n) is 7.00. The molecular weight excluding hydrogens is 228 g/mol. The van der Waals surface area contributed by atoms with Crippen molar-refractivity contribution in [2.24, 2.45) is 29.6 Å². The summed E-state index contributed by atoms with van der Waals surface area (Å²) in [6, 6.07) is 0. The molecule has 0 aromatic heterocycles. The summed E-state index contributed by atoms with van der Waals surface area (Å²) in [4.78, 5) is 0. The molecule has 0 aromatic rings. The SMILES string of the molecule is C1=CC2C3C=CC(C3)C2C1.C=CC1=C2CCC(C1)C2. The number of hydrogen-bond donors (Lipinski definition) is 0. The van der Waals surface area contributed by atoms with Gasteiger partial charge in [-0.3, -0.25) is 0 Å². The number of rotatable bonds is 1. The zero-order valence-electron chi connectivity index (χ0n) is 11.7. The molecule has 0 heterocycles. The first kappa shape index (κ1) is 11.8. The summed E-state index contributed by atoms with van der Waals surface area (Å²) in [6.07, 6.45) is 20.1. The smallest absolute Gasteiger partial charge is 0.0133 e. The molecule has 0 aliphatic heterocycles. The van der Waals surface area contributed by atoms with E-state index in [1.54, 1.807) is 11.1 Å². The standard InChI is InChI=1S/C10H12.C9H12/c1-2-9-7-4-5-8(6-7)10(9)3-1;1-2-8-5-7-3-4-9(8)6-7/h1-2,4-5,7-10H,3,6H2;2,7H,1,3-6H2. The van der Waals surface area contributed by atoms with Crippen molar-refractivity contribution in [1.82, 2.24) is 0 Å². The highest BCUT2D eigenvalue weighted by Crippen LogP contribution is 2.52. The second-order valence-corrected chi connectivity index (χ2v) is 7.00. The molecule has 2 fully saturated rings. The van der Waals surface area contributed by atoms with Crippen molar-refractivity contribution in [3.8, 4) is 0 Å². The van der Waals surface area contributed by atoms with Crippen molar-refractivity contribution in [1.29, 1.82) is 0 Å². The normalized spacial score (nSPS) is 43.7. The molecule has 5 unspecified atom stereocenters. The van der Waals surface area contributed by atoms with Crippen LogP contribution in [0.25, 0.3) is 0 Å².